The van der Waals surface area contributed by atoms with Crippen molar-refractivity contribution in [1.82, 2.24) is 0 Å². The van der Waals surface area contributed by atoms with Gasteiger partial charge in [-0.3, -0.25) is 0 Å². The third kappa shape index (κ3) is 9.84. The summed E-state index contributed by atoms with van der Waals surface area (Å²) in [4.78, 5) is 18.4. The smallest absolute Gasteiger partial charge is 0.414 e. The lowest BCUT2D eigenvalue weighted by Gasteiger charge is -1.91. The van der Waals surface area contributed by atoms with E-state index in [9.17, 15) is 4.79 Å². The Morgan fingerprint density at radius 2 is 2.00 bits per heavy atom. The van der Waals surface area contributed by atoms with Crippen LogP contribution in [0.5, 0.6) is 0 Å². The number of methoxy groups -OCH3 is 1. The molecule has 0 aliphatic rings. The van der Waals surface area contributed by atoms with E-state index in [1.807, 2.05) is 0 Å². The molecule has 0 rings (SSSR count). The molecule has 10 heavy (non-hydrogen) atoms. The van der Waals surface area contributed by atoms with Crippen LogP contribution in [0.15, 0.2) is 12.2 Å². The Balaban J connectivity index is 0. The molecule has 0 atom stereocenters. The van der Waals surface area contributed by atoms with Gasteiger partial charge in [0.05, 0.1) is 7.11 Å². The molecule has 0 aromatic rings. The zero-order chi connectivity index (χ0) is 8.57. The van der Waals surface area contributed by atoms with Crippen molar-refractivity contribution >= 4 is 12.4 Å². The Hall–Kier alpha value is -1.32. The Labute approximate surface area is 59.1 Å². The fourth-order valence-corrected chi connectivity index (χ4v) is 0.174. The molecule has 1 radical (unpaired) electrons. The van der Waals surface area contributed by atoms with Gasteiger partial charge in [0, 0.05) is 5.57 Å². The van der Waals surface area contributed by atoms with Crippen LogP contribution < -0.4 is 0 Å². The van der Waals surface area contributed by atoms with Gasteiger partial charge in [-0.15, -0.1) is 0 Å². The van der Waals surface area contributed by atoms with Gasteiger partial charge in [-0.25, -0.2) is 9.59 Å². The summed E-state index contributed by atoms with van der Waals surface area (Å²) in [6, 6.07) is 0. The van der Waals surface area contributed by atoms with Gasteiger partial charge in [0.15, 0.2) is 0 Å². The molecule has 0 bridgehead atoms. The first-order valence-electron chi connectivity index (χ1n) is 2.35. The molecule has 0 saturated heterocycles. The van der Waals surface area contributed by atoms with Crippen molar-refractivity contribution < 1.29 is 19.4 Å². The van der Waals surface area contributed by atoms with Crippen molar-refractivity contribution in [2.24, 2.45) is 0 Å². The highest BCUT2D eigenvalue weighted by Gasteiger charge is 1.95. The van der Waals surface area contributed by atoms with Crippen molar-refractivity contribution in [2.45, 2.75) is 6.92 Å². The van der Waals surface area contributed by atoms with E-state index in [1.54, 1.807) is 6.92 Å². The second kappa shape index (κ2) is 7.68. The van der Waals surface area contributed by atoms with Crippen molar-refractivity contribution in [3.05, 3.63) is 12.2 Å². The minimum Gasteiger partial charge on any atom is -0.473 e. The summed E-state index contributed by atoms with van der Waals surface area (Å²) in [5.74, 6) is -0.347. The monoisotopic (exact) mass is 145 g/mol. The van der Waals surface area contributed by atoms with E-state index in [0.29, 0.717) is 12.0 Å². The van der Waals surface area contributed by atoms with Crippen molar-refractivity contribution in [3.8, 4) is 0 Å². The van der Waals surface area contributed by atoms with Gasteiger partial charge in [0.2, 0.25) is 0 Å². The molecule has 0 unspecified atom stereocenters. The predicted octanol–water partition coefficient (Wildman–Crippen LogP) is 0.347. The maximum atomic E-state index is 10.2. The van der Waals surface area contributed by atoms with Crippen LogP contribution in [0, 0.1) is 0 Å². The van der Waals surface area contributed by atoms with Crippen LogP contribution in [-0.4, -0.2) is 24.7 Å². The first-order valence-corrected chi connectivity index (χ1v) is 2.35. The SMILES string of the molecule is C=C(C)C(=O)OC.O=[C]O. The van der Waals surface area contributed by atoms with Crippen molar-refractivity contribution in [1.29, 1.82) is 0 Å². The summed E-state index contributed by atoms with van der Waals surface area (Å²) in [6.07, 6.45) is 0. The van der Waals surface area contributed by atoms with Gasteiger partial charge >= 0.3 is 12.4 Å². The molecule has 0 amide bonds. The van der Waals surface area contributed by atoms with E-state index in [4.69, 9.17) is 9.90 Å². The molecule has 0 aliphatic heterocycles. The predicted molar refractivity (Wildman–Crippen MR) is 35.2 cm³/mol. The molecule has 57 valence electrons. The quantitative estimate of drug-likeness (QED) is 0.427. The third-order valence-electron chi connectivity index (χ3n) is 0.534. The number of carbonyl (C=O) groups excluding carboxylic acids is 1. The highest BCUT2D eigenvalue weighted by molar-refractivity contribution is 5.86. The van der Waals surface area contributed by atoms with Gasteiger partial charge in [0.1, 0.15) is 0 Å². The van der Waals surface area contributed by atoms with E-state index in [1.165, 1.54) is 7.11 Å². The normalized spacial score (nSPS) is 6.60. The van der Waals surface area contributed by atoms with Gasteiger partial charge in [0.25, 0.3) is 0 Å². The molecule has 1 N–H and O–H groups in total. The highest BCUT2D eigenvalue weighted by Crippen LogP contribution is 1.87. The molecule has 0 saturated carbocycles. The van der Waals surface area contributed by atoms with Crippen molar-refractivity contribution in [2.75, 3.05) is 7.11 Å². The second-order valence-corrected chi connectivity index (χ2v) is 1.36. The number of aliphatic hydroxyl groups excluding tert-OH is 1. The fraction of sp³-hybridized carbons (Fsp3) is 0.333. The maximum Gasteiger partial charge on any atom is 0.414 e. The Morgan fingerprint density at radius 1 is 1.70 bits per heavy atom. The Morgan fingerprint density at radius 3 is 2.00 bits per heavy atom. The number of esters is 1. The number of hydrogen-bond donors (Lipinski definition) is 1. The zero-order valence-electron chi connectivity index (χ0n) is 5.88. The van der Waals surface area contributed by atoms with Crippen LogP contribution in [0.2, 0.25) is 0 Å². The van der Waals surface area contributed by atoms with Crippen LogP contribution in [0.1, 0.15) is 6.92 Å². The first-order chi connectivity index (χ1) is 4.59. The molecule has 4 heteroatoms. The second-order valence-electron chi connectivity index (χ2n) is 1.36. The lowest BCUT2D eigenvalue weighted by molar-refractivity contribution is -0.136. The Bertz CT molecular complexity index is 128. The topological polar surface area (TPSA) is 63.6 Å². The van der Waals surface area contributed by atoms with Crippen LogP contribution in [0.3, 0.4) is 0 Å². The standard InChI is InChI=1S/C5H8O2.CHO2/c1-4(2)5(6)7-3;2-1-3/h1H2,2-3H3;(H,2,3). The fourth-order valence-electron chi connectivity index (χ4n) is 0.174. The van der Waals surface area contributed by atoms with Crippen LogP contribution >= 0.6 is 0 Å². The summed E-state index contributed by atoms with van der Waals surface area (Å²) in [6.45, 7) is 5.45. The highest BCUT2D eigenvalue weighted by atomic mass is 16.5. The summed E-state index contributed by atoms with van der Waals surface area (Å²) in [5.41, 5.74) is 0.433. The van der Waals surface area contributed by atoms with E-state index >= 15 is 0 Å². The first kappa shape index (κ1) is 11.5. The minimum atomic E-state index is -0.347. The lowest BCUT2D eigenvalue weighted by Crippen LogP contribution is -1.98. The number of carbonyl (C=O) groups is 1. The maximum absolute atomic E-state index is 10.2. The average Bonchev–Trinajstić information content (AvgIpc) is 1.88. The number of ether oxygens (including phenoxy) is 1. The van der Waals surface area contributed by atoms with Crippen LogP contribution in [-0.2, 0) is 14.3 Å². The summed E-state index contributed by atoms with van der Waals surface area (Å²) in [5, 5.41) is 6.76. The van der Waals surface area contributed by atoms with E-state index in [-0.39, 0.29) is 5.97 Å². The molecule has 4 nitrogen and oxygen atoms in total. The summed E-state index contributed by atoms with van der Waals surface area (Å²) < 4.78 is 4.27. The van der Waals surface area contributed by atoms with E-state index in [0.717, 1.165) is 0 Å². The third-order valence-corrected chi connectivity index (χ3v) is 0.534. The lowest BCUT2D eigenvalue weighted by atomic mass is 10.4. The molecule has 0 fully saturated rings. The van der Waals surface area contributed by atoms with Crippen LogP contribution in [0.4, 0.5) is 0 Å². The molecular weight excluding hydrogens is 136 g/mol. The van der Waals surface area contributed by atoms with Gasteiger partial charge in [-0.2, -0.15) is 0 Å². The number of hydrogen-bond acceptors (Lipinski definition) is 3. The molecular formula is C6H9O4. The molecule has 0 aromatic carbocycles. The zero-order valence-corrected chi connectivity index (χ0v) is 5.88. The van der Waals surface area contributed by atoms with Gasteiger partial charge in [-0.1, -0.05) is 6.58 Å². The van der Waals surface area contributed by atoms with Crippen molar-refractivity contribution in [3.63, 3.8) is 0 Å². The Kier molecular flexibility index (Phi) is 8.81. The summed E-state index contributed by atoms with van der Waals surface area (Å²) in [7, 11) is 1.33. The van der Waals surface area contributed by atoms with E-state index in [2.05, 4.69) is 11.3 Å². The van der Waals surface area contributed by atoms with Crippen LogP contribution in [0.25, 0.3) is 0 Å². The van der Waals surface area contributed by atoms with E-state index < -0.39 is 0 Å². The number of rotatable bonds is 1. The molecule has 0 heterocycles. The van der Waals surface area contributed by atoms with Gasteiger partial charge < -0.3 is 9.84 Å². The van der Waals surface area contributed by atoms with Gasteiger partial charge in [-0.05, 0) is 6.92 Å². The minimum absolute atomic E-state index is 0.347. The summed E-state index contributed by atoms with van der Waals surface area (Å²) >= 11 is 0. The molecule has 0 aliphatic carbocycles. The molecule has 0 aromatic heterocycles. The largest absolute Gasteiger partial charge is 0.473 e. The average molecular weight is 145 g/mol. The molecule has 0 spiro atoms.